The molecule has 0 atom stereocenters. The summed E-state index contributed by atoms with van der Waals surface area (Å²) in [7, 11) is 0. The number of rotatable bonds is 1. The maximum absolute atomic E-state index is 10.7. The molecule has 2 rings (SSSR count). The third kappa shape index (κ3) is 1.29. The molecule has 0 fully saturated rings. The largest absolute Gasteiger partial charge is 0.477 e. The van der Waals surface area contributed by atoms with Gasteiger partial charge in [-0.2, -0.15) is 0 Å². The van der Waals surface area contributed by atoms with Crippen molar-refractivity contribution in [2.75, 3.05) is 0 Å². The Labute approximate surface area is 88.1 Å². The maximum Gasteiger partial charge on any atom is 0.354 e. The summed E-state index contributed by atoms with van der Waals surface area (Å²) in [4.78, 5) is 17.7. The number of nitrogens with zero attached hydrogens (tertiary/aromatic N) is 1. The fraction of sp³-hybridized carbons (Fsp3) is 0.111. The standard InChI is InChI=1S/C9H7BrN2O2/c1-4-8-5(10)3-11-6(8)2-7(12-4)9(13)14/h2-3,11H,1H3,(H,13,14). The Balaban J connectivity index is 2.80. The van der Waals surface area contributed by atoms with Crippen LogP contribution in [0.15, 0.2) is 16.7 Å². The molecule has 0 saturated heterocycles. The summed E-state index contributed by atoms with van der Waals surface area (Å²) in [6.45, 7) is 1.79. The van der Waals surface area contributed by atoms with Gasteiger partial charge in [-0.25, -0.2) is 9.78 Å². The Morgan fingerprint density at radius 3 is 3.00 bits per heavy atom. The molecule has 2 aromatic rings. The lowest BCUT2D eigenvalue weighted by molar-refractivity contribution is 0.0690. The Hall–Kier alpha value is -1.36. The molecule has 0 aliphatic carbocycles. The van der Waals surface area contributed by atoms with Crippen LogP contribution in [-0.2, 0) is 0 Å². The SMILES string of the molecule is Cc1nc(C(=O)O)cc2[nH]cc(Br)c12. The molecule has 4 nitrogen and oxygen atoms in total. The Morgan fingerprint density at radius 1 is 1.64 bits per heavy atom. The summed E-state index contributed by atoms with van der Waals surface area (Å²) >= 11 is 3.36. The van der Waals surface area contributed by atoms with E-state index in [1.165, 1.54) is 6.07 Å². The van der Waals surface area contributed by atoms with E-state index in [1.54, 1.807) is 13.1 Å². The van der Waals surface area contributed by atoms with Crippen LogP contribution in [0.4, 0.5) is 0 Å². The number of aryl methyl sites for hydroxylation is 1. The Morgan fingerprint density at radius 2 is 2.36 bits per heavy atom. The number of H-pyrrole nitrogens is 1. The zero-order chi connectivity index (χ0) is 10.3. The zero-order valence-corrected chi connectivity index (χ0v) is 8.92. The van der Waals surface area contributed by atoms with Crippen molar-refractivity contribution in [3.8, 4) is 0 Å². The molecule has 0 aromatic carbocycles. The normalized spacial score (nSPS) is 10.7. The molecule has 2 N–H and O–H groups in total. The molecule has 2 aromatic heterocycles. The summed E-state index contributed by atoms with van der Waals surface area (Å²) in [6.07, 6.45) is 1.77. The lowest BCUT2D eigenvalue weighted by Gasteiger charge is -1.99. The van der Waals surface area contributed by atoms with Gasteiger partial charge in [-0.05, 0) is 28.9 Å². The minimum Gasteiger partial charge on any atom is -0.477 e. The molecule has 0 aliphatic rings. The molecule has 0 unspecified atom stereocenters. The predicted molar refractivity (Wildman–Crippen MR) is 55.5 cm³/mol. The van der Waals surface area contributed by atoms with Gasteiger partial charge in [0.05, 0.1) is 5.52 Å². The molecule has 14 heavy (non-hydrogen) atoms. The second-order valence-electron chi connectivity index (χ2n) is 2.96. The highest BCUT2D eigenvalue weighted by molar-refractivity contribution is 9.10. The number of aromatic carboxylic acids is 1. The maximum atomic E-state index is 10.7. The molecule has 0 spiro atoms. The number of hydrogen-bond donors (Lipinski definition) is 2. The van der Waals surface area contributed by atoms with Crippen LogP contribution >= 0.6 is 15.9 Å². The highest BCUT2D eigenvalue weighted by Gasteiger charge is 2.11. The van der Waals surface area contributed by atoms with E-state index in [9.17, 15) is 4.79 Å². The number of fused-ring (bicyclic) bond motifs is 1. The second-order valence-corrected chi connectivity index (χ2v) is 3.81. The molecule has 0 amide bonds. The molecule has 5 heteroatoms. The van der Waals surface area contributed by atoms with E-state index < -0.39 is 5.97 Å². The number of carboxylic acids is 1. The van der Waals surface area contributed by atoms with Gasteiger partial charge in [0, 0.05) is 21.7 Å². The monoisotopic (exact) mass is 254 g/mol. The molecular formula is C9H7BrN2O2. The highest BCUT2D eigenvalue weighted by atomic mass is 79.9. The van der Waals surface area contributed by atoms with E-state index in [0.29, 0.717) is 5.69 Å². The average Bonchev–Trinajstić information content (AvgIpc) is 2.48. The second kappa shape index (κ2) is 3.09. The summed E-state index contributed by atoms with van der Waals surface area (Å²) in [5, 5.41) is 9.71. The van der Waals surface area contributed by atoms with Crippen LogP contribution < -0.4 is 0 Å². The van der Waals surface area contributed by atoms with Gasteiger partial charge in [0.25, 0.3) is 0 Å². The first-order valence-electron chi connectivity index (χ1n) is 3.97. The first-order valence-corrected chi connectivity index (χ1v) is 4.76. The number of aromatic amines is 1. The summed E-state index contributed by atoms with van der Waals surface area (Å²) in [6, 6.07) is 1.52. The summed E-state index contributed by atoms with van der Waals surface area (Å²) in [5.41, 5.74) is 1.54. The van der Waals surface area contributed by atoms with Gasteiger partial charge in [-0.1, -0.05) is 0 Å². The molecule has 0 saturated carbocycles. The fourth-order valence-corrected chi connectivity index (χ4v) is 2.03. The summed E-state index contributed by atoms with van der Waals surface area (Å²) in [5.74, 6) is -1.01. The molecule has 0 aliphatic heterocycles. The topological polar surface area (TPSA) is 66.0 Å². The predicted octanol–water partition coefficient (Wildman–Crippen LogP) is 2.33. The van der Waals surface area contributed by atoms with Crippen molar-refractivity contribution in [3.63, 3.8) is 0 Å². The van der Waals surface area contributed by atoms with Gasteiger partial charge < -0.3 is 10.1 Å². The minimum atomic E-state index is -1.01. The van der Waals surface area contributed by atoms with Gasteiger partial charge in [0.2, 0.25) is 0 Å². The van der Waals surface area contributed by atoms with E-state index in [0.717, 1.165) is 15.4 Å². The van der Waals surface area contributed by atoms with Crippen LogP contribution in [0.1, 0.15) is 16.2 Å². The van der Waals surface area contributed by atoms with E-state index in [1.807, 2.05) is 0 Å². The van der Waals surface area contributed by atoms with Crippen LogP contribution in [-0.4, -0.2) is 21.0 Å². The average molecular weight is 255 g/mol. The van der Waals surface area contributed by atoms with Crippen LogP contribution in [0, 0.1) is 6.92 Å². The van der Waals surface area contributed by atoms with Gasteiger partial charge in [-0.15, -0.1) is 0 Å². The molecule has 0 radical (unpaired) electrons. The van der Waals surface area contributed by atoms with Crippen LogP contribution in [0.25, 0.3) is 10.9 Å². The minimum absolute atomic E-state index is 0.0596. The van der Waals surface area contributed by atoms with Gasteiger partial charge in [0.15, 0.2) is 5.69 Å². The molecule has 2 heterocycles. The number of pyridine rings is 1. The Bertz CT molecular complexity index is 519. The molecule has 72 valence electrons. The van der Waals surface area contributed by atoms with Crippen LogP contribution in [0.5, 0.6) is 0 Å². The van der Waals surface area contributed by atoms with Gasteiger partial charge >= 0.3 is 5.97 Å². The molecule has 0 bridgehead atoms. The van der Waals surface area contributed by atoms with E-state index >= 15 is 0 Å². The quantitative estimate of drug-likeness (QED) is 0.821. The zero-order valence-electron chi connectivity index (χ0n) is 7.34. The third-order valence-corrected chi connectivity index (χ3v) is 2.64. The first-order chi connectivity index (χ1) is 6.59. The number of hydrogen-bond acceptors (Lipinski definition) is 2. The van der Waals surface area contributed by atoms with Crippen molar-refractivity contribution in [2.45, 2.75) is 6.92 Å². The van der Waals surface area contributed by atoms with Gasteiger partial charge in [-0.3, -0.25) is 0 Å². The highest BCUT2D eigenvalue weighted by Crippen LogP contribution is 2.26. The number of carbonyl (C=O) groups is 1. The summed E-state index contributed by atoms with van der Waals surface area (Å²) < 4.78 is 0.898. The number of halogens is 1. The fourth-order valence-electron chi connectivity index (χ4n) is 1.41. The van der Waals surface area contributed by atoms with Crippen molar-refractivity contribution in [2.24, 2.45) is 0 Å². The smallest absolute Gasteiger partial charge is 0.354 e. The van der Waals surface area contributed by atoms with Crippen molar-refractivity contribution < 1.29 is 9.90 Å². The number of nitrogens with one attached hydrogen (secondary N) is 1. The van der Waals surface area contributed by atoms with Crippen LogP contribution in [0.2, 0.25) is 0 Å². The van der Waals surface area contributed by atoms with E-state index in [-0.39, 0.29) is 5.69 Å². The van der Waals surface area contributed by atoms with Crippen LogP contribution in [0.3, 0.4) is 0 Å². The lowest BCUT2D eigenvalue weighted by atomic mass is 10.2. The number of carboxylic acid groups (broad SMARTS) is 1. The van der Waals surface area contributed by atoms with E-state index in [4.69, 9.17) is 5.11 Å². The van der Waals surface area contributed by atoms with Crippen molar-refractivity contribution in [3.05, 3.63) is 28.1 Å². The van der Waals surface area contributed by atoms with Crippen molar-refractivity contribution >= 4 is 32.8 Å². The third-order valence-electron chi connectivity index (χ3n) is 2.01. The van der Waals surface area contributed by atoms with Crippen molar-refractivity contribution in [1.29, 1.82) is 0 Å². The molecular weight excluding hydrogens is 248 g/mol. The van der Waals surface area contributed by atoms with E-state index in [2.05, 4.69) is 25.9 Å². The first kappa shape index (κ1) is 9.21. The Kier molecular flexibility index (Phi) is 2.03. The van der Waals surface area contributed by atoms with Gasteiger partial charge in [0.1, 0.15) is 0 Å². The number of aromatic nitrogens is 2. The van der Waals surface area contributed by atoms with Crippen molar-refractivity contribution in [1.82, 2.24) is 9.97 Å². The lowest BCUT2D eigenvalue weighted by Crippen LogP contribution is -2.01.